The van der Waals surface area contributed by atoms with Crippen LogP contribution in [0.15, 0.2) is 28.9 Å². The summed E-state index contributed by atoms with van der Waals surface area (Å²) in [6.07, 6.45) is 3.34. The highest BCUT2D eigenvalue weighted by atomic mass is 16.7. The van der Waals surface area contributed by atoms with Crippen molar-refractivity contribution in [1.29, 1.82) is 0 Å². The molecule has 3 aromatic heterocycles. The predicted octanol–water partition coefficient (Wildman–Crippen LogP) is 2.76. The lowest BCUT2D eigenvalue weighted by molar-refractivity contribution is -0.0969. The zero-order valence-corrected chi connectivity index (χ0v) is 16.6. The third-order valence-corrected chi connectivity index (χ3v) is 5.75. The van der Waals surface area contributed by atoms with Crippen LogP contribution >= 0.6 is 0 Å². The van der Waals surface area contributed by atoms with Crippen LogP contribution in [0.25, 0.3) is 22.5 Å². The van der Waals surface area contributed by atoms with Gasteiger partial charge in [-0.15, -0.1) is 0 Å². The molecule has 5 heterocycles. The summed E-state index contributed by atoms with van der Waals surface area (Å²) in [4.78, 5) is 20.2. The number of aromatic nitrogens is 3. The van der Waals surface area contributed by atoms with Crippen LogP contribution in [0.3, 0.4) is 0 Å². The minimum Gasteiger partial charge on any atom is -0.463 e. The molecule has 2 aliphatic rings. The van der Waals surface area contributed by atoms with Gasteiger partial charge in [-0.25, -0.2) is 4.98 Å². The van der Waals surface area contributed by atoms with Gasteiger partial charge in [0.1, 0.15) is 5.69 Å². The highest BCUT2D eigenvalue weighted by Gasteiger charge is 2.34. The van der Waals surface area contributed by atoms with Crippen molar-refractivity contribution in [3.05, 3.63) is 35.7 Å². The quantitative estimate of drug-likeness (QED) is 0.677. The number of carbonyl (C=O) groups is 1. The number of hydrogen-bond acceptors (Lipinski definition) is 6. The van der Waals surface area contributed by atoms with Crippen LogP contribution in [-0.4, -0.2) is 58.2 Å². The SMILES string of the molecule is Cc1nn(C)c2nc(-c3ccco3)cc(C(=O)N3CCCC(C4OCCO4)C3)c12. The summed E-state index contributed by atoms with van der Waals surface area (Å²) in [7, 11) is 1.84. The lowest BCUT2D eigenvalue weighted by Crippen LogP contribution is -2.44. The Morgan fingerprint density at radius 2 is 2.10 bits per heavy atom. The van der Waals surface area contributed by atoms with E-state index in [2.05, 4.69) is 5.10 Å². The molecule has 1 unspecified atom stereocenters. The minimum absolute atomic E-state index is 0.0102. The summed E-state index contributed by atoms with van der Waals surface area (Å²) in [5.74, 6) is 0.820. The highest BCUT2D eigenvalue weighted by Crippen LogP contribution is 2.30. The molecule has 2 saturated heterocycles. The van der Waals surface area contributed by atoms with Crippen molar-refractivity contribution in [3.8, 4) is 11.5 Å². The number of pyridine rings is 1. The van der Waals surface area contributed by atoms with Crippen molar-refractivity contribution in [2.24, 2.45) is 13.0 Å². The largest absolute Gasteiger partial charge is 0.463 e. The van der Waals surface area contributed by atoms with Crippen molar-refractivity contribution in [2.45, 2.75) is 26.1 Å². The average Bonchev–Trinajstić information content (AvgIpc) is 3.50. The fourth-order valence-electron chi connectivity index (χ4n) is 4.40. The first-order valence-electron chi connectivity index (χ1n) is 10.0. The van der Waals surface area contributed by atoms with E-state index in [1.54, 1.807) is 10.9 Å². The average molecular weight is 396 g/mol. The smallest absolute Gasteiger partial charge is 0.254 e. The Morgan fingerprint density at radius 1 is 1.28 bits per heavy atom. The van der Waals surface area contributed by atoms with Gasteiger partial charge in [0, 0.05) is 26.1 Å². The van der Waals surface area contributed by atoms with Crippen LogP contribution in [0.5, 0.6) is 0 Å². The standard InChI is InChI=1S/C21H24N4O4/c1-13-18-15(11-16(17-6-4-8-27-17)22-19(18)24(2)23-13)20(26)25-7-3-5-14(12-25)21-28-9-10-29-21/h4,6,8,11,14,21H,3,5,7,9-10,12H2,1-2H3. The van der Waals surface area contributed by atoms with Crippen LogP contribution in [0.2, 0.25) is 0 Å². The molecule has 0 radical (unpaired) electrons. The van der Waals surface area contributed by atoms with Gasteiger partial charge in [-0.2, -0.15) is 5.10 Å². The lowest BCUT2D eigenvalue weighted by atomic mass is 9.96. The second-order valence-electron chi connectivity index (χ2n) is 7.70. The zero-order valence-electron chi connectivity index (χ0n) is 16.6. The number of amides is 1. The number of likely N-dealkylation sites (tertiary alicyclic amines) is 1. The van der Waals surface area contributed by atoms with E-state index in [9.17, 15) is 4.79 Å². The number of carbonyl (C=O) groups excluding carboxylic acids is 1. The number of hydrogen-bond donors (Lipinski definition) is 0. The molecule has 8 nitrogen and oxygen atoms in total. The lowest BCUT2D eigenvalue weighted by Gasteiger charge is -2.35. The number of aryl methyl sites for hydroxylation is 2. The van der Waals surface area contributed by atoms with E-state index in [1.807, 2.05) is 37.1 Å². The highest BCUT2D eigenvalue weighted by molar-refractivity contribution is 6.07. The maximum Gasteiger partial charge on any atom is 0.254 e. The van der Waals surface area contributed by atoms with Gasteiger partial charge in [-0.3, -0.25) is 9.48 Å². The molecule has 0 saturated carbocycles. The summed E-state index contributed by atoms with van der Waals surface area (Å²) < 4.78 is 18.6. The fraction of sp³-hybridized carbons (Fsp3) is 0.476. The van der Waals surface area contributed by atoms with Crippen LogP contribution in [0.4, 0.5) is 0 Å². The molecule has 0 spiro atoms. The van der Waals surface area contributed by atoms with Crippen molar-refractivity contribution in [3.63, 3.8) is 0 Å². The molecule has 8 heteroatoms. The molecule has 29 heavy (non-hydrogen) atoms. The molecule has 0 aromatic carbocycles. The van der Waals surface area contributed by atoms with E-state index in [0.717, 1.165) is 30.5 Å². The second kappa shape index (κ2) is 7.27. The van der Waals surface area contributed by atoms with E-state index >= 15 is 0 Å². The van der Waals surface area contributed by atoms with Crippen LogP contribution in [-0.2, 0) is 16.5 Å². The topological polar surface area (TPSA) is 82.6 Å². The second-order valence-corrected chi connectivity index (χ2v) is 7.70. The number of furan rings is 1. The summed E-state index contributed by atoms with van der Waals surface area (Å²) in [6.45, 7) is 4.51. The van der Waals surface area contributed by atoms with Gasteiger partial charge >= 0.3 is 0 Å². The molecule has 5 rings (SSSR count). The molecular formula is C21H24N4O4. The molecule has 0 N–H and O–H groups in total. The van der Waals surface area contributed by atoms with Gasteiger partial charge in [0.15, 0.2) is 17.7 Å². The first kappa shape index (κ1) is 18.3. The number of nitrogens with zero attached hydrogens (tertiary/aromatic N) is 4. The van der Waals surface area contributed by atoms with E-state index in [1.165, 1.54) is 0 Å². The predicted molar refractivity (Wildman–Crippen MR) is 105 cm³/mol. The van der Waals surface area contributed by atoms with E-state index in [4.69, 9.17) is 18.9 Å². The van der Waals surface area contributed by atoms with Crippen molar-refractivity contribution < 1.29 is 18.7 Å². The third kappa shape index (κ3) is 3.22. The Labute approximate surface area is 168 Å². The van der Waals surface area contributed by atoms with E-state index < -0.39 is 0 Å². The number of ether oxygens (including phenoxy) is 2. The molecule has 152 valence electrons. The third-order valence-electron chi connectivity index (χ3n) is 5.75. The Balaban J connectivity index is 1.53. The van der Waals surface area contributed by atoms with E-state index in [0.29, 0.717) is 42.4 Å². The fourth-order valence-corrected chi connectivity index (χ4v) is 4.40. The Bertz CT molecular complexity index is 1040. The molecule has 2 aliphatic heterocycles. The summed E-state index contributed by atoms with van der Waals surface area (Å²) in [5, 5.41) is 5.29. The minimum atomic E-state index is -0.207. The van der Waals surface area contributed by atoms with Gasteiger partial charge in [0.2, 0.25) is 0 Å². The summed E-state index contributed by atoms with van der Waals surface area (Å²) in [6, 6.07) is 5.48. The van der Waals surface area contributed by atoms with Crippen molar-refractivity contribution in [1.82, 2.24) is 19.7 Å². The monoisotopic (exact) mass is 396 g/mol. The first-order valence-corrected chi connectivity index (χ1v) is 10.0. The Kier molecular flexibility index (Phi) is 4.60. The van der Waals surface area contributed by atoms with Gasteiger partial charge in [0.25, 0.3) is 5.91 Å². The van der Waals surface area contributed by atoms with Crippen LogP contribution in [0.1, 0.15) is 28.9 Å². The molecule has 1 atom stereocenters. The van der Waals surface area contributed by atoms with Gasteiger partial charge in [-0.05, 0) is 38.0 Å². The number of rotatable bonds is 3. The van der Waals surface area contributed by atoms with Gasteiger partial charge in [-0.1, -0.05) is 0 Å². The summed E-state index contributed by atoms with van der Waals surface area (Å²) >= 11 is 0. The van der Waals surface area contributed by atoms with Crippen LogP contribution in [0, 0.1) is 12.8 Å². The van der Waals surface area contributed by atoms with Crippen molar-refractivity contribution in [2.75, 3.05) is 26.3 Å². The molecular weight excluding hydrogens is 372 g/mol. The molecule has 0 bridgehead atoms. The summed E-state index contributed by atoms with van der Waals surface area (Å²) in [5.41, 5.74) is 2.71. The Morgan fingerprint density at radius 3 is 2.86 bits per heavy atom. The Hall–Kier alpha value is -2.71. The van der Waals surface area contributed by atoms with E-state index in [-0.39, 0.29) is 18.1 Å². The van der Waals surface area contributed by atoms with Gasteiger partial charge in [0.05, 0.1) is 36.1 Å². The number of piperidine rings is 1. The maximum absolute atomic E-state index is 13.6. The normalized spacial score (nSPS) is 20.6. The number of fused-ring (bicyclic) bond motifs is 1. The first-order chi connectivity index (χ1) is 14.1. The van der Waals surface area contributed by atoms with Crippen LogP contribution < -0.4 is 0 Å². The molecule has 2 fully saturated rings. The maximum atomic E-state index is 13.6. The molecule has 1 amide bonds. The van der Waals surface area contributed by atoms with Gasteiger partial charge < -0.3 is 18.8 Å². The molecule has 0 aliphatic carbocycles. The molecule has 3 aromatic rings. The van der Waals surface area contributed by atoms with Crippen molar-refractivity contribution >= 4 is 16.9 Å². The zero-order chi connectivity index (χ0) is 20.0.